The van der Waals surface area contributed by atoms with Crippen molar-refractivity contribution in [3.05, 3.63) is 36.4 Å². The molecular weight excluding hydrogens is 298 g/mol. The van der Waals surface area contributed by atoms with Crippen LogP contribution in [0.1, 0.15) is 19.3 Å². The molecule has 3 aromatic rings. The highest BCUT2D eigenvalue weighted by molar-refractivity contribution is 5.91. The van der Waals surface area contributed by atoms with Gasteiger partial charge in [0.05, 0.1) is 5.52 Å². The zero-order chi connectivity index (χ0) is 16.5. The van der Waals surface area contributed by atoms with E-state index >= 15 is 0 Å². The van der Waals surface area contributed by atoms with E-state index in [-0.39, 0.29) is 0 Å². The Labute approximate surface area is 142 Å². The van der Waals surface area contributed by atoms with Crippen LogP contribution in [-0.2, 0) is 0 Å². The van der Waals surface area contributed by atoms with Crippen molar-refractivity contribution < 1.29 is 0 Å². The molecule has 5 heteroatoms. The quantitative estimate of drug-likeness (QED) is 0.799. The number of hydrogen-bond acceptors (Lipinski definition) is 4. The van der Waals surface area contributed by atoms with Crippen LogP contribution < -0.4 is 9.80 Å². The van der Waals surface area contributed by atoms with Crippen LogP contribution in [0, 0.1) is 0 Å². The summed E-state index contributed by atoms with van der Waals surface area (Å²) in [5, 5.41) is 0. The second-order valence-corrected chi connectivity index (χ2v) is 6.60. The normalized spacial score (nSPS) is 15.0. The van der Waals surface area contributed by atoms with Gasteiger partial charge < -0.3 is 14.8 Å². The number of piperidine rings is 1. The molecule has 1 fully saturated rings. The van der Waals surface area contributed by atoms with Gasteiger partial charge in [-0.1, -0.05) is 30.3 Å². The van der Waals surface area contributed by atoms with Crippen molar-refractivity contribution in [2.45, 2.75) is 19.3 Å². The van der Waals surface area contributed by atoms with Crippen molar-refractivity contribution in [1.82, 2.24) is 15.0 Å². The van der Waals surface area contributed by atoms with E-state index in [0.717, 1.165) is 41.6 Å². The summed E-state index contributed by atoms with van der Waals surface area (Å²) >= 11 is 0. The molecule has 2 aromatic heterocycles. The van der Waals surface area contributed by atoms with Crippen molar-refractivity contribution >= 4 is 22.8 Å². The smallest absolute Gasteiger partial charge is 0.227 e. The minimum absolute atomic E-state index is 0.765. The molecule has 124 valence electrons. The van der Waals surface area contributed by atoms with E-state index in [2.05, 4.69) is 40.2 Å². The van der Waals surface area contributed by atoms with E-state index in [9.17, 15) is 0 Å². The summed E-state index contributed by atoms with van der Waals surface area (Å²) in [4.78, 5) is 17.5. The molecule has 1 N–H and O–H groups in total. The number of anilines is 2. The molecule has 5 nitrogen and oxygen atoms in total. The van der Waals surface area contributed by atoms with Gasteiger partial charge in [-0.2, -0.15) is 4.98 Å². The SMILES string of the molecule is CN(C)c1nc(N2CCCCC2)c2[nH]c(-c3ccccc3)cc2n1. The molecular formula is C19H23N5. The van der Waals surface area contributed by atoms with Crippen LogP contribution in [0.5, 0.6) is 0 Å². The summed E-state index contributed by atoms with van der Waals surface area (Å²) in [5.74, 6) is 1.80. The highest BCUT2D eigenvalue weighted by Crippen LogP contribution is 2.31. The molecule has 1 aromatic carbocycles. The summed E-state index contributed by atoms with van der Waals surface area (Å²) in [6, 6.07) is 12.5. The minimum atomic E-state index is 0.765. The molecule has 0 radical (unpaired) electrons. The van der Waals surface area contributed by atoms with Gasteiger partial charge in [-0.25, -0.2) is 4.98 Å². The average molecular weight is 321 g/mol. The molecule has 0 spiro atoms. The maximum absolute atomic E-state index is 4.84. The second-order valence-electron chi connectivity index (χ2n) is 6.60. The van der Waals surface area contributed by atoms with Gasteiger partial charge in [-0.3, -0.25) is 0 Å². The molecule has 0 amide bonds. The summed E-state index contributed by atoms with van der Waals surface area (Å²) in [5.41, 5.74) is 4.29. The lowest BCUT2D eigenvalue weighted by molar-refractivity contribution is 0.574. The van der Waals surface area contributed by atoms with Crippen LogP contribution >= 0.6 is 0 Å². The fourth-order valence-corrected chi connectivity index (χ4v) is 3.29. The van der Waals surface area contributed by atoms with Crippen molar-refractivity contribution in [2.24, 2.45) is 0 Å². The molecule has 3 heterocycles. The molecule has 24 heavy (non-hydrogen) atoms. The van der Waals surface area contributed by atoms with Crippen LogP contribution in [0.3, 0.4) is 0 Å². The number of aromatic amines is 1. The van der Waals surface area contributed by atoms with E-state index in [1.807, 2.05) is 25.1 Å². The summed E-state index contributed by atoms with van der Waals surface area (Å²) < 4.78 is 0. The van der Waals surface area contributed by atoms with E-state index in [1.165, 1.54) is 24.8 Å². The van der Waals surface area contributed by atoms with Crippen molar-refractivity contribution in [2.75, 3.05) is 37.0 Å². The maximum atomic E-state index is 4.84. The van der Waals surface area contributed by atoms with Crippen LogP contribution in [-0.4, -0.2) is 42.1 Å². The van der Waals surface area contributed by atoms with Gasteiger partial charge in [0.15, 0.2) is 5.82 Å². The second kappa shape index (κ2) is 6.15. The summed E-state index contributed by atoms with van der Waals surface area (Å²) in [6.45, 7) is 2.14. The molecule has 0 unspecified atom stereocenters. The van der Waals surface area contributed by atoms with Crippen molar-refractivity contribution in [1.29, 1.82) is 0 Å². The maximum Gasteiger partial charge on any atom is 0.227 e. The van der Waals surface area contributed by atoms with Crippen LogP contribution in [0.2, 0.25) is 0 Å². The predicted octanol–water partition coefficient (Wildman–Crippen LogP) is 3.68. The third-order valence-corrected chi connectivity index (χ3v) is 4.59. The van der Waals surface area contributed by atoms with Gasteiger partial charge in [0.25, 0.3) is 0 Å². The third-order valence-electron chi connectivity index (χ3n) is 4.59. The lowest BCUT2D eigenvalue weighted by Crippen LogP contribution is -2.31. The fourth-order valence-electron chi connectivity index (χ4n) is 3.29. The molecule has 4 rings (SSSR count). The van der Waals surface area contributed by atoms with Gasteiger partial charge >= 0.3 is 0 Å². The molecule has 1 aliphatic rings. The number of nitrogens with one attached hydrogen (secondary N) is 1. The van der Waals surface area contributed by atoms with Crippen molar-refractivity contribution in [3.8, 4) is 11.3 Å². The van der Waals surface area contributed by atoms with Gasteiger partial charge in [0, 0.05) is 32.9 Å². The number of rotatable bonds is 3. The molecule has 1 saturated heterocycles. The molecule has 1 aliphatic heterocycles. The van der Waals surface area contributed by atoms with Gasteiger partial charge in [-0.15, -0.1) is 0 Å². The van der Waals surface area contributed by atoms with Crippen molar-refractivity contribution in [3.63, 3.8) is 0 Å². The Morgan fingerprint density at radius 3 is 2.46 bits per heavy atom. The summed E-state index contributed by atoms with van der Waals surface area (Å²) in [6.07, 6.45) is 3.77. The Morgan fingerprint density at radius 1 is 1.00 bits per heavy atom. The molecule has 0 atom stereocenters. The zero-order valence-electron chi connectivity index (χ0n) is 14.3. The topological polar surface area (TPSA) is 48.1 Å². The Kier molecular flexibility index (Phi) is 3.84. The van der Waals surface area contributed by atoms with E-state index < -0.39 is 0 Å². The zero-order valence-corrected chi connectivity index (χ0v) is 14.3. The minimum Gasteiger partial charge on any atom is -0.355 e. The van der Waals surface area contributed by atoms with E-state index in [0.29, 0.717) is 0 Å². The van der Waals surface area contributed by atoms with Gasteiger partial charge in [0.1, 0.15) is 5.52 Å². The first-order chi connectivity index (χ1) is 11.7. The lowest BCUT2D eigenvalue weighted by Gasteiger charge is -2.28. The average Bonchev–Trinajstić information content (AvgIpc) is 3.06. The number of H-pyrrole nitrogens is 1. The monoisotopic (exact) mass is 321 g/mol. The number of aromatic nitrogens is 3. The van der Waals surface area contributed by atoms with Gasteiger partial charge in [0.2, 0.25) is 5.95 Å². The molecule has 0 aliphatic carbocycles. The largest absolute Gasteiger partial charge is 0.355 e. The standard InChI is InChI=1S/C19H23N5/c1-23(2)19-21-16-13-15(14-9-5-3-6-10-14)20-17(16)18(22-19)24-11-7-4-8-12-24/h3,5-6,9-10,13,20H,4,7-8,11-12H2,1-2H3. The first kappa shape index (κ1) is 15.0. The first-order valence-corrected chi connectivity index (χ1v) is 8.61. The van der Waals surface area contributed by atoms with Gasteiger partial charge in [-0.05, 0) is 30.9 Å². The molecule has 0 bridgehead atoms. The Bertz CT molecular complexity index is 832. The highest BCUT2D eigenvalue weighted by Gasteiger charge is 2.19. The van der Waals surface area contributed by atoms with E-state index in [1.54, 1.807) is 0 Å². The number of nitrogens with zero attached hydrogens (tertiary/aromatic N) is 4. The molecule has 0 saturated carbocycles. The fraction of sp³-hybridized carbons (Fsp3) is 0.368. The number of fused-ring (bicyclic) bond motifs is 1. The van der Waals surface area contributed by atoms with Crippen LogP contribution in [0.25, 0.3) is 22.3 Å². The number of hydrogen-bond donors (Lipinski definition) is 1. The highest BCUT2D eigenvalue weighted by atomic mass is 15.3. The number of benzene rings is 1. The first-order valence-electron chi connectivity index (χ1n) is 8.61. The van der Waals surface area contributed by atoms with Crippen LogP contribution in [0.4, 0.5) is 11.8 Å². The summed E-state index contributed by atoms with van der Waals surface area (Å²) in [7, 11) is 3.98. The van der Waals surface area contributed by atoms with Crippen LogP contribution in [0.15, 0.2) is 36.4 Å². The Hall–Kier alpha value is -2.56. The van der Waals surface area contributed by atoms with E-state index in [4.69, 9.17) is 9.97 Å². The Balaban J connectivity index is 1.87. The predicted molar refractivity (Wildman–Crippen MR) is 99.7 cm³/mol. The third kappa shape index (κ3) is 2.70. The lowest BCUT2D eigenvalue weighted by atomic mass is 10.1. The Morgan fingerprint density at radius 2 is 1.75 bits per heavy atom.